The summed E-state index contributed by atoms with van der Waals surface area (Å²) < 4.78 is 0. The lowest BCUT2D eigenvalue weighted by molar-refractivity contribution is -0.143. The molecule has 0 radical (unpaired) electrons. The molecule has 3 aromatic carbocycles. The van der Waals surface area contributed by atoms with Gasteiger partial charge in [-0.3, -0.25) is 4.79 Å². The molecule has 4 heteroatoms. The number of nitrogens with one attached hydrogen (secondary N) is 1. The van der Waals surface area contributed by atoms with E-state index in [0.717, 1.165) is 48.4 Å². The summed E-state index contributed by atoms with van der Waals surface area (Å²) in [5.74, 6) is -1.40. The Bertz CT molecular complexity index is 1020. The van der Waals surface area contributed by atoms with Crippen molar-refractivity contribution in [3.8, 4) is 0 Å². The van der Waals surface area contributed by atoms with E-state index < -0.39 is 11.5 Å². The smallest absolute Gasteiger partial charge is 0.328 e. The Morgan fingerprint density at radius 3 is 2.23 bits per heavy atom. The van der Waals surface area contributed by atoms with Crippen LogP contribution in [0.1, 0.15) is 54.6 Å². The number of hydrogen-bond donors (Lipinski definition) is 2. The Kier molecular flexibility index (Phi) is 6.88. The molecule has 0 aliphatic carbocycles. The molecule has 0 unspecified atom stereocenters. The first-order valence-electron chi connectivity index (χ1n) is 10.5. The van der Waals surface area contributed by atoms with Crippen molar-refractivity contribution in [2.45, 2.75) is 51.5 Å². The molecule has 3 aromatic rings. The van der Waals surface area contributed by atoms with E-state index in [-0.39, 0.29) is 5.91 Å². The molecule has 0 bridgehead atoms. The molecule has 0 aliphatic rings. The van der Waals surface area contributed by atoms with E-state index in [4.69, 9.17) is 0 Å². The van der Waals surface area contributed by atoms with Crippen LogP contribution in [0.5, 0.6) is 0 Å². The summed E-state index contributed by atoms with van der Waals surface area (Å²) in [4.78, 5) is 24.4. The lowest BCUT2D eigenvalue weighted by Gasteiger charge is -2.22. The molecule has 4 nitrogen and oxygen atoms in total. The second-order valence-electron chi connectivity index (χ2n) is 8.24. The van der Waals surface area contributed by atoms with Crippen LogP contribution in [0.15, 0.2) is 66.7 Å². The second-order valence-corrected chi connectivity index (χ2v) is 8.24. The Labute approximate surface area is 177 Å². The van der Waals surface area contributed by atoms with Crippen LogP contribution >= 0.6 is 0 Å². The number of amides is 1. The Morgan fingerprint density at radius 1 is 0.833 bits per heavy atom. The first kappa shape index (κ1) is 21.6. The highest BCUT2D eigenvalue weighted by Crippen LogP contribution is 2.25. The second kappa shape index (κ2) is 9.57. The largest absolute Gasteiger partial charge is 0.480 e. The fraction of sp³-hybridized carbons (Fsp3) is 0.308. The number of rotatable bonds is 9. The van der Waals surface area contributed by atoms with Gasteiger partial charge in [0.2, 0.25) is 0 Å². The fourth-order valence-corrected chi connectivity index (χ4v) is 3.68. The molecule has 0 aromatic heterocycles. The molecule has 0 aliphatic heterocycles. The normalized spacial score (nSPS) is 11.4. The molecular weight excluding hydrogens is 374 g/mol. The number of carbonyl (C=O) groups excluding carboxylic acids is 1. The lowest BCUT2D eigenvalue weighted by Crippen LogP contribution is -2.49. The van der Waals surface area contributed by atoms with Crippen molar-refractivity contribution >= 4 is 22.6 Å². The molecule has 0 fully saturated rings. The maximum atomic E-state index is 12.9. The van der Waals surface area contributed by atoms with Crippen LogP contribution in [-0.2, 0) is 17.6 Å². The van der Waals surface area contributed by atoms with E-state index >= 15 is 0 Å². The van der Waals surface area contributed by atoms with Crippen molar-refractivity contribution in [3.63, 3.8) is 0 Å². The Morgan fingerprint density at radius 2 is 1.50 bits per heavy atom. The van der Waals surface area contributed by atoms with E-state index in [0.29, 0.717) is 5.56 Å². The van der Waals surface area contributed by atoms with Crippen molar-refractivity contribution in [1.29, 1.82) is 0 Å². The molecule has 2 N–H and O–H groups in total. The minimum absolute atomic E-state index is 0.340. The summed E-state index contributed by atoms with van der Waals surface area (Å²) in [5.41, 5.74) is 1.58. The van der Waals surface area contributed by atoms with Crippen LogP contribution < -0.4 is 5.32 Å². The Hall–Kier alpha value is -3.14. The van der Waals surface area contributed by atoms with Crippen molar-refractivity contribution in [3.05, 3.63) is 83.4 Å². The summed E-state index contributed by atoms with van der Waals surface area (Å²) in [6.45, 7) is 3.00. The summed E-state index contributed by atoms with van der Waals surface area (Å²) in [6, 6.07) is 22.2. The molecule has 0 saturated carbocycles. The van der Waals surface area contributed by atoms with Crippen LogP contribution in [0.25, 0.3) is 10.8 Å². The number of carboxylic acids is 1. The predicted molar refractivity (Wildman–Crippen MR) is 121 cm³/mol. The van der Waals surface area contributed by atoms with Crippen LogP contribution in [0.2, 0.25) is 0 Å². The molecule has 0 atom stereocenters. The quantitative estimate of drug-likeness (QED) is 0.471. The number of unbranched alkanes of at least 4 members (excludes halogenated alkanes) is 2. The van der Waals surface area contributed by atoms with Gasteiger partial charge in [-0.1, -0.05) is 67.1 Å². The summed E-state index contributed by atoms with van der Waals surface area (Å²) in [6.07, 6.45) is 4.98. The van der Waals surface area contributed by atoms with Gasteiger partial charge in [0.15, 0.2) is 0 Å². The number of hydrogen-bond acceptors (Lipinski definition) is 2. The van der Waals surface area contributed by atoms with Crippen LogP contribution in [0.4, 0.5) is 0 Å². The van der Waals surface area contributed by atoms with Gasteiger partial charge in [0.1, 0.15) is 5.54 Å². The molecule has 0 spiro atoms. The summed E-state index contributed by atoms with van der Waals surface area (Å²) >= 11 is 0. The van der Waals surface area contributed by atoms with Crippen molar-refractivity contribution in [2.75, 3.05) is 0 Å². The zero-order valence-electron chi connectivity index (χ0n) is 17.7. The molecule has 3 rings (SSSR count). The maximum Gasteiger partial charge on any atom is 0.328 e. The minimum atomic E-state index is -1.32. The first-order valence-corrected chi connectivity index (χ1v) is 10.5. The van der Waals surface area contributed by atoms with E-state index in [1.807, 2.05) is 42.5 Å². The van der Waals surface area contributed by atoms with Crippen molar-refractivity contribution < 1.29 is 14.7 Å². The predicted octanol–water partition coefficient (Wildman–Crippen LogP) is 5.39. The van der Waals surface area contributed by atoms with E-state index in [1.54, 1.807) is 0 Å². The highest BCUT2D eigenvalue weighted by Gasteiger charge is 2.30. The minimum Gasteiger partial charge on any atom is -0.480 e. The molecular formula is C26H29NO3. The standard InChI is InChI=1S/C26H29NO3/c1-26(2,25(29)30)27-24(28)23-18-17-20-14-9-10-15-21(20)22(23)16-8-4-7-13-19-11-5-3-6-12-19/h3,5-6,9-12,14-15,17-18H,4,7-8,13,16H2,1-2H3,(H,27,28)(H,29,30). The van der Waals surface area contributed by atoms with E-state index in [9.17, 15) is 14.7 Å². The van der Waals surface area contributed by atoms with Gasteiger partial charge in [0.25, 0.3) is 5.91 Å². The van der Waals surface area contributed by atoms with Crippen LogP contribution in [-0.4, -0.2) is 22.5 Å². The number of fused-ring (bicyclic) bond motifs is 1. The van der Waals surface area contributed by atoms with Gasteiger partial charge in [0.05, 0.1) is 0 Å². The SMILES string of the molecule is CC(C)(NC(=O)c1ccc2ccccc2c1CCCCCc1ccccc1)C(=O)O. The third-order valence-electron chi connectivity index (χ3n) is 5.48. The van der Waals surface area contributed by atoms with E-state index in [2.05, 4.69) is 29.6 Å². The third-order valence-corrected chi connectivity index (χ3v) is 5.48. The average molecular weight is 404 g/mol. The monoisotopic (exact) mass is 403 g/mol. The molecule has 0 heterocycles. The van der Waals surface area contributed by atoms with Gasteiger partial charge in [-0.25, -0.2) is 4.79 Å². The average Bonchev–Trinajstić information content (AvgIpc) is 2.73. The van der Waals surface area contributed by atoms with Crippen molar-refractivity contribution in [1.82, 2.24) is 5.32 Å². The third kappa shape index (κ3) is 5.26. The van der Waals surface area contributed by atoms with Gasteiger partial charge in [0, 0.05) is 5.56 Å². The fourth-order valence-electron chi connectivity index (χ4n) is 3.68. The number of carboxylic acid groups (broad SMARTS) is 1. The first-order chi connectivity index (χ1) is 14.4. The molecule has 30 heavy (non-hydrogen) atoms. The highest BCUT2D eigenvalue weighted by atomic mass is 16.4. The van der Waals surface area contributed by atoms with Gasteiger partial charge in [-0.05, 0) is 67.5 Å². The maximum absolute atomic E-state index is 12.9. The van der Waals surface area contributed by atoms with Gasteiger partial charge < -0.3 is 10.4 Å². The molecule has 1 amide bonds. The van der Waals surface area contributed by atoms with Gasteiger partial charge >= 0.3 is 5.97 Å². The summed E-state index contributed by atoms with van der Waals surface area (Å²) in [5, 5.41) is 14.2. The molecule has 0 saturated heterocycles. The number of aryl methyl sites for hydroxylation is 2. The number of aliphatic carboxylic acids is 1. The Balaban J connectivity index is 1.75. The van der Waals surface area contributed by atoms with Crippen molar-refractivity contribution in [2.24, 2.45) is 0 Å². The van der Waals surface area contributed by atoms with Gasteiger partial charge in [-0.15, -0.1) is 0 Å². The van der Waals surface area contributed by atoms with Crippen LogP contribution in [0.3, 0.4) is 0 Å². The number of carbonyl (C=O) groups is 2. The zero-order chi connectivity index (χ0) is 21.6. The van der Waals surface area contributed by atoms with Gasteiger partial charge in [-0.2, -0.15) is 0 Å². The van der Waals surface area contributed by atoms with Crippen LogP contribution in [0, 0.1) is 0 Å². The topological polar surface area (TPSA) is 66.4 Å². The summed E-state index contributed by atoms with van der Waals surface area (Å²) in [7, 11) is 0. The molecule has 156 valence electrons. The zero-order valence-corrected chi connectivity index (χ0v) is 17.7. The number of benzene rings is 3. The highest BCUT2D eigenvalue weighted by molar-refractivity contribution is 6.03. The van der Waals surface area contributed by atoms with E-state index in [1.165, 1.54) is 19.4 Å². The lowest BCUT2D eigenvalue weighted by atomic mass is 9.93.